The molecular formula is C21H28N4O3S. The maximum atomic E-state index is 12.4. The molecule has 1 saturated heterocycles. The van der Waals surface area contributed by atoms with Crippen molar-refractivity contribution in [1.29, 1.82) is 0 Å². The summed E-state index contributed by atoms with van der Waals surface area (Å²) in [6, 6.07) is 14.3. The second-order valence-corrected chi connectivity index (χ2v) is 9.43. The molecule has 1 aliphatic rings. The van der Waals surface area contributed by atoms with Crippen LogP contribution in [0.1, 0.15) is 19.3 Å². The minimum Gasteiger partial charge on any atom is -0.374 e. The zero-order valence-electron chi connectivity index (χ0n) is 16.9. The lowest BCUT2D eigenvalue weighted by molar-refractivity contribution is -0.114. The van der Waals surface area contributed by atoms with E-state index in [0.717, 1.165) is 28.8 Å². The Labute approximate surface area is 172 Å². The Kier molecular flexibility index (Phi) is 6.76. The number of piperidine rings is 1. The molecule has 2 aromatic carbocycles. The number of nitrogens with one attached hydrogen (secondary N) is 2. The minimum atomic E-state index is -3.55. The van der Waals surface area contributed by atoms with Gasteiger partial charge in [0.1, 0.15) is 0 Å². The third kappa shape index (κ3) is 5.27. The van der Waals surface area contributed by atoms with Gasteiger partial charge in [0.05, 0.1) is 22.8 Å². The summed E-state index contributed by atoms with van der Waals surface area (Å²) in [5.74, 6) is -0.238. The average molecular weight is 417 g/mol. The smallest absolute Gasteiger partial charge is 0.243 e. The Bertz CT molecular complexity index is 954. The number of rotatable bonds is 7. The van der Waals surface area contributed by atoms with Crippen molar-refractivity contribution in [3.8, 4) is 0 Å². The number of para-hydroxylation sites is 2. The molecule has 1 heterocycles. The number of hydrogen-bond acceptors (Lipinski definition) is 5. The quantitative estimate of drug-likeness (QED) is 0.725. The van der Waals surface area contributed by atoms with E-state index in [1.54, 1.807) is 12.1 Å². The van der Waals surface area contributed by atoms with Gasteiger partial charge in [-0.15, -0.1) is 0 Å². The Morgan fingerprint density at radius 1 is 1.03 bits per heavy atom. The number of nitrogens with zero attached hydrogens (tertiary/aromatic N) is 2. The lowest BCUT2D eigenvalue weighted by Gasteiger charge is -2.30. The van der Waals surface area contributed by atoms with Crippen molar-refractivity contribution >= 4 is 33.0 Å². The Hall–Kier alpha value is -2.58. The fourth-order valence-electron chi connectivity index (χ4n) is 3.36. The van der Waals surface area contributed by atoms with E-state index < -0.39 is 10.0 Å². The maximum absolute atomic E-state index is 12.4. The van der Waals surface area contributed by atoms with Gasteiger partial charge in [0, 0.05) is 32.9 Å². The minimum absolute atomic E-state index is 0.0928. The van der Waals surface area contributed by atoms with Crippen molar-refractivity contribution in [2.75, 3.05) is 49.3 Å². The van der Waals surface area contributed by atoms with Gasteiger partial charge in [0.15, 0.2) is 0 Å². The number of carbonyl (C=O) groups is 1. The summed E-state index contributed by atoms with van der Waals surface area (Å²) in [6.45, 7) is 2.14. The normalized spacial score (nSPS) is 14.7. The second kappa shape index (κ2) is 9.28. The summed E-state index contributed by atoms with van der Waals surface area (Å²) in [7, 11) is -0.595. The molecule has 8 heteroatoms. The molecule has 3 rings (SSSR count). The van der Waals surface area contributed by atoms with Crippen molar-refractivity contribution in [3.63, 3.8) is 0 Å². The molecule has 1 aliphatic heterocycles. The van der Waals surface area contributed by atoms with Gasteiger partial charge in [-0.3, -0.25) is 4.79 Å². The Morgan fingerprint density at radius 2 is 1.76 bits per heavy atom. The van der Waals surface area contributed by atoms with Crippen LogP contribution in [-0.4, -0.2) is 52.4 Å². The van der Waals surface area contributed by atoms with Gasteiger partial charge in [0.25, 0.3) is 0 Å². The summed E-state index contributed by atoms with van der Waals surface area (Å²) in [5.41, 5.74) is 2.48. The molecule has 2 N–H and O–H groups in total. The van der Waals surface area contributed by atoms with E-state index in [2.05, 4.69) is 21.6 Å². The lowest BCUT2D eigenvalue weighted by atomic mass is 10.1. The van der Waals surface area contributed by atoms with Gasteiger partial charge in [-0.25, -0.2) is 12.7 Å². The van der Waals surface area contributed by atoms with Crippen LogP contribution in [0.3, 0.4) is 0 Å². The van der Waals surface area contributed by atoms with Gasteiger partial charge in [-0.1, -0.05) is 18.2 Å². The lowest BCUT2D eigenvalue weighted by Crippen LogP contribution is -2.30. The summed E-state index contributed by atoms with van der Waals surface area (Å²) >= 11 is 0. The van der Waals surface area contributed by atoms with E-state index in [4.69, 9.17) is 0 Å². The molecule has 0 unspecified atom stereocenters. The van der Waals surface area contributed by atoms with Crippen LogP contribution in [0.5, 0.6) is 0 Å². The zero-order valence-corrected chi connectivity index (χ0v) is 17.7. The molecule has 7 nitrogen and oxygen atoms in total. The predicted octanol–water partition coefficient (Wildman–Crippen LogP) is 2.98. The fraction of sp³-hybridized carbons (Fsp3) is 0.381. The Balaban J connectivity index is 1.64. The molecule has 156 valence electrons. The SMILES string of the molecule is CN(C)S(=O)(=O)c1cccc(NC(=O)CNc2ccccc2N2CCCCC2)c1. The topological polar surface area (TPSA) is 81.8 Å². The first-order chi connectivity index (χ1) is 13.9. The van der Waals surface area contributed by atoms with Crippen molar-refractivity contribution in [1.82, 2.24) is 4.31 Å². The second-order valence-electron chi connectivity index (χ2n) is 7.28. The molecule has 0 atom stereocenters. The van der Waals surface area contributed by atoms with Gasteiger partial charge in [-0.2, -0.15) is 0 Å². The van der Waals surface area contributed by atoms with E-state index in [-0.39, 0.29) is 17.3 Å². The van der Waals surface area contributed by atoms with Gasteiger partial charge in [0.2, 0.25) is 15.9 Å². The van der Waals surface area contributed by atoms with E-state index in [1.165, 1.54) is 45.5 Å². The molecule has 0 bridgehead atoms. The highest BCUT2D eigenvalue weighted by molar-refractivity contribution is 7.89. The van der Waals surface area contributed by atoms with Crippen LogP contribution < -0.4 is 15.5 Å². The van der Waals surface area contributed by atoms with Gasteiger partial charge in [-0.05, 0) is 49.6 Å². The number of benzene rings is 2. The third-order valence-corrected chi connectivity index (χ3v) is 6.75. The summed E-state index contributed by atoms with van der Waals surface area (Å²) in [6.07, 6.45) is 3.62. The van der Waals surface area contributed by atoms with Crippen LogP contribution in [0.15, 0.2) is 53.4 Å². The Morgan fingerprint density at radius 3 is 2.48 bits per heavy atom. The van der Waals surface area contributed by atoms with Crippen molar-refractivity contribution < 1.29 is 13.2 Å². The van der Waals surface area contributed by atoms with Crippen molar-refractivity contribution in [2.24, 2.45) is 0 Å². The molecule has 0 spiro atoms. The standard InChI is InChI=1S/C21H28N4O3S/c1-24(2)29(27,28)18-10-8-9-17(15-18)23-21(26)16-22-19-11-4-5-12-20(19)25-13-6-3-7-14-25/h4-5,8-12,15,22H,3,6-7,13-14,16H2,1-2H3,(H,23,26). The van der Waals surface area contributed by atoms with Crippen LogP contribution in [-0.2, 0) is 14.8 Å². The third-order valence-electron chi connectivity index (χ3n) is 4.94. The van der Waals surface area contributed by atoms with Crippen molar-refractivity contribution in [2.45, 2.75) is 24.2 Å². The van der Waals surface area contributed by atoms with Crippen LogP contribution in [0.2, 0.25) is 0 Å². The number of amides is 1. The first-order valence-corrected chi connectivity index (χ1v) is 11.2. The molecular weight excluding hydrogens is 388 g/mol. The zero-order chi connectivity index (χ0) is 20.9. The van der Waals surface area contributed by atoms with E-state index in [9.17, 15) is 13.2 Å². The largest absolute Gasteiger partial charge is 0.374 e. The molecule has 0 saturated carbocycles. The van der Waals surface area contributed by atoms with E-state index >= 15 is 0 Å². The number of carbonyl (C=O) groups excluding carboxylic acids is 1. The monoisotopic (exact) mass is 416 g/mol. The van der Waals surface area contributed by atoms with E-state index in [0.29, 0.717) is 5.69 Å². The highest BCUT2D eigenvalue weighted by Gasteiger charge is 2.18. The predicted molar refractivity (Wildman–Crippen MR) is 117 cm³/mol. The summed E-state index contributed by atoms with van der Waals surface area (Å²) < 4.78 is 25.7. The number of anilines is 3. The molecule has 0 aliphatic carbocycles. The molecule has 29 heavy (non-hydrogen) atoms. The van der Waals surface area contributed by atoms with Crippen LogP contribution in [0, 0.1) is 0 Å². The molecule has 0 radical (unpaired) electrons. The first kappa shape index (κ1) is 21.1. The van der Waals surface area contributed by atoms with Gasteiger partial charge < -0.3 is 15.5 Å². The number of hydrogen-bond donors (Lipinski definition) is 2. The molecule has 1 amide bonds. The fourth-order valence-corrected chi connectivity index (χ4v) is 4.31. The van der Waals surface area contributed by atoms with Crippen LogP contribution in [0.4, 0.5) is 17.1 Å². The maximum Gasteiger partial charge on any atom is 0.243 e. The van der Waals surface area contributed by atoms with Crippen molar-refractivity contribution in [3.05, 3.63) is 48.5 Å². The summed E-state index contributed by atoms with van der Waals surface area (Å²) in [4.78, 5) is 14.9. The van der Waals surface area contributed by atoms with Crippen LogP contribution >= 0.6 is 0 Å². The molecule has 0 aromatic heterocycles. The van der Waals surface area contributed by atoms with E-state index in [1.807, 2.05) is 18.2 Å². The molecule has 2 aromatic rings. The average Bonchev–Trinajstić information content (AvgIpc) is 2.73. The number of sulfonamides is 1. The first-order valence-electron chi connectivity index (χ1n) is 9.78. The highest BCUT2D eigenvalue weighted by Crippen LogP contribution is 2.28. The summed E-state index contributed by atoms with van der Waals surface area (Å²) in [5, 5.41) is 5.98. The highest BCUT2D eigenvalue weighted by atomic mass is 32.2. The van der Waals surface area contributed by atoms with Gasteiger partial charge >= 0.3 is 0 Å². The van der Waals surface area contributed by atoms with Crippen LogP contribution in [0.25, 0.3) is 0 Å². The molecule has 1 fully saturated rings.